The summed E-state index contributed by atoms with van der Waals surface area (Å²) in [5.74, 6) is 1.59. The first-order chi connectivity index (χ1) is 7.17. The lowest BCUT2D eigenvalue weighted by molar-refractivity contribution is 0.117. The summed E-state index contributed by atoms with van der Waals surface area (Å²) in [6.45, 7) is 14.4. The quantitative estimate of drug-likeness (QED) is 0.711. The van der Waals surface area contributed by atoms with Gasteiger partial charge in [-0.1, -0.05) is 36.7 Å². The topological polar surface area (TPSA) is 6.48 Å². The monoisotopic (exact) mass is 276 g/mol. The van der Waals surface area contributed by atoms with Gasteiger partial charge in [-0.3, -0.25) is 0 Å². The Hall–Kier alpha value is 0.400. The van der Waals surface area contributed by atoms with E-state index in [4.69, 9.17) is 0 Å². The van der Waals surface area contributed by atoms with Gasteiger partial charge in [0.2, 0.25) is 0 Å². The highest BCUT2D eigenvalue weighted by molar-refractivity contribution is 9.09. The van der Waals surface area contributed by atoms with Gasteiger partial charge in [0.05, 0.1) is 0 Å². The van der Waals surface area contributed by atoms with E-state index in [9.17, 15) is 0 Å². The molecule has 0 spiro atoms. The van der Waals surface area contributed by atoms with Crippen LogP contribution in [-0.2, 0) is 0 Å². The normalized spacial score (nSPS) is 22.2. The number of hydrogen-bond acceptors (Lipinski definition) is 2. The minimum Gasteiger partial charge on any atom is -0.301 e. The van der Waals surface area contributed by atoms with Gasteiger partial charge in [-0.05, 0) is 18.4 Å². The van der Waals surface area contributed by atoms with Crippen molar-refractivity contribution in [2.24, 2.45) is 11.8 Å². The van der Waals surface area contributed by atoms with E-state index < -0.39 is 0 Å². The van der Waals surface area contributed by atoms with Crippen molar-refractivity contribution in [3.05, 3.63) is 0 Å². The molecule has 0 aromatic heterocycles. The first kappa shape index (κ1) is 13.5. The molecule has 0 amide bonds. The van der Waals surface area contributed by atoms with Crippen molar-refractivity contribution in [3.63, 3.8) is 0 Å². The summed E-state index contributed by atoms with van der Waals surface area (Å²) in [5, 5.41) is 1.14. The molecule has 1 heterocycles. The first-order valence-corrected chi connectivity index (χ1v) is 7.30. The number of likely N-dealkylation sites (N-methyl/N-ethyl adjacent to an activating group) is 1. The maximum Gasteiger partial charge on any atom is 0.0110 e. The van der Waals surface area contributed by atoms with Crippen molar-refractivity contribution in [2.45, 2.75) is 20.8 Å². The molecule has 1 rings (SSSR count). The largest absolute Gasteiger partial charge is 0.301 e. The van der Waals surface area contributed by atoms with Crippen LogP contribution in [0.25, 0.3) is 0 Å². The third kappa shape index (κ3) is 4.41. The molecule has 1 unspecified atom stereocenters. The molecule has 0 radical (unpaired) electrons. The molecule has 1 aliphatic rings. The van der Waals surface area contributed by atoms with Gasteiger partial charge in [-0.25, -0.2) is 0 Å². The molecule has 1 atom stereocenters. The summed E-state index contributed by atoms with van der Waals surface area (Å²) in [4.78, 5) is 5.16. The van der Waals surface area contributed by atoms with Crippen molar-refractivity contribution in [1.29, 1.82) is 0 Å². The Labute approximate surface area is 103 Å². The molecule has 1 fully saturated rings. The van der Waals surface area contributed by atoms with Crippen LogP contribution in [0.1, 0.15) is 20.8 Å². The lowest BCUT2D eigenvalue weighted by Gasteiger charge is -2.36. The van der Waals surface area contributed by atoms with Crippen molar-refractivity contribution >= 4 is 15.9 Å². The molecule has 0 aromatic rings. The zero-order chi connectivity index (χ0) is 11.3. The Bertz CT molecular complexity index is 165. The first-order valence-electron chi connectivity index (χ1n) is 6.18. The summed E-state index contributed by atoms with van der Waals surface area (Å²) in [6.07, 6.45) is 0. The molecule has 0 N–H and O–H groups in total. The number of hydrogen-bond donors (Lipinski definition) is 0. The van der Waals surface area contributed by atoms with E-state index in [1.54, 1.807) is 0 Å². The molecule has 0 aromatic carbocycles. The van der Waals surface area contributed by atoms with Gasteiger partial charge in [0, 0.05) is 38.1 Å². The molecule has 0 aliphatic carbocycles. The molecule has 1 aliphatic heterocycles. The highest BCUT2D eigenvalue weighted by Crippen LogP contribution is 2.16. The van der Waals surface area contributed by atoms with Crippen molar-refractivity contribution < 1.29 is 0 Å². The highest BCUT2D eigenvalue weighted by Gasteiger charge is 2.20. The van der Waals surface area contributed by atoms with Gasteiger partial charge in [0.1, 0.15) is 0 Å². The van der Waals surface area contributed by atoms with Gasteiger partial charge in [-0.2, -0.15) is 0 Å². The number of rotatable bonds is 5. The van der Waals surface area contributed by atoms with E-state index in [0.717, 1.165) is 17.2 Å². The van der Waals surface area contributed by atoms with E-state index in [1.165, 1.54) is 39.3 Å². The summed E-state index contributed by atoms with van der Waals surface area (Å²) in [5.41, 5.74) is 0. The number of alkyl halides is 1. The van der Waals surface area contributed by atoms with Crippen molar-refractivity contribution in [2.75, 3.05) is 44.6 Å². The smallest absolute Gasteiger partial charge is 0.0110 e. The molecule has 0 bridgehead atoms. The average molecular weight is 277 g/mol. The SMILES string of the molecule is CCN1CCN(CC(CBr)C(C)C)CC1. The standard InChI is InChI=1S/C12H25BrN2/c1-4-14-5-7-15(8-6-14)10-12(9-13)11(2)3/h11-12H,4-10H2,1-3H3. The number of piperazine rings is 1. The van der Waals surface area contributed by atoms with Gasteiger partial charge >= 0.3 is 0 Å². The molecule has 0 saturated carbocycles. The van der Waals surface area contributed by atoms with Crippen LogP contribution in [0.4, 0.5) is 0 Å². The van der Waals surface area contributed by atoms with Crippen LogP contribution in [0.2, 0.25) is 0 Å². The molecule has 90 valence electrons. The lowest BCUT2D eigenvalue weighted by atomic mass is 9.97. The van der Waals surface area contributed by atoms with Crippen LogP contribution in [0.15, 0.2) is 0 Å². The van der Waals surface area contributed by atoms with Gasteiger partial charge in [0.25, 0.3) is 0 Å². The fourth-order valence-corrected chi connectivity index (χ4v) is 3.01. The Kier molecular flexibility index (Phi) is 6.17. The van der Waals surface area contributed by atoms with E-state index in [1.807, 2.05) is 0 Å². The average Bonchev–Trinajstić information content (AvgIpc) is 2.26. The molecule has 3 heteroatoms. The highest BCUT2D eigenvalue weighted by atomic mass is 79.9. The second-order valence-electron chi connectivity index (χ2n) is 4.89. The third-order valence-electron chi connectivity index (χ3n) is 3.55. The molecular weight excluding hydrogens is 252 g/mol. The minimum absolute atomic E-state index is 0.786. The van der Waals surface area contributed by atoms with E-state index in [0.29, 0.717) is 0 Å². The minimum atomic E-state index is 0.786. The summed E-state index contributed by atoms with van der Waals surface area (Å²) in [7, 11) is 0. The Balaban J connectivity index is 2.28. The van der Waals surface area contributed by atoms with Crippen molar-refractivity contribution in [3.8, 4) is 0 Å². The number of halogens is 1. The van der Waals surface area contributed by atoms with Gasteiger partial charge in [-0.15, -0.1) is 0 Å². The fourth-order valence-electron chi connectivity index (χ4n) is 2.06. The fraction of sp³-hybridized carbons (Fsp3) is 1.00. The van der Waals surface area contributed by atoms with Gasteiger partial charge in [0.15, 0.2) is 0 Å². The van der Waals surface area contributed by atoms with Crippen molar-refractivity contribution in [1.82, 2.24) is 9.80 Å². The maximum absolute atomic E-state index is 3.63. The van der Waals surface area contributed by atoms with Gasteiger partial charge < -0.3 is 9.80 Å². The third-order valence-corrected chi connectivity index (χ3v) is 4.38. The molecule has 2 nitrogen and oxygen atoms in total. The Morgan fingerprint density at radius 1 is 1.07 bits per heavy atom. The summed E-state index contributed by atoms with van der Waals surface area (Å²) >= 11 is 3.63. The lowest BCUT2D eigenvalue weighted by Crippen LogP contribution is -2.48. The van der Waals surface area contributed by atoms with Crippen LogP contribution in [-0.4, -0.2) is 54.4 Å². The van der Waals surface area contributed by atoms with E-state index in [-0.39, 0.29) is 0 Å². The number of nitrogens with zero attached hydrogens (tertiary/aromatic N) is 2. The second kappa shape index (κ2) is 6.87. The summed E-state index contributed by atoms with van der Waals surface area (Å²) < 4.78 is 0. The maximum atomic E-state index is 3.63. The predicted molar refractivity (Wildman–Crippen MR) is 70.7 cm³/mol. The van der Waals surface area contributed by atoms with Crippen LogP contribution < -0.4 is 0 Å². The summed E-state index contributed by atoms with van der Waals surface area (Å²) in [6, 6.07) is 0. The Morgan fingerprint density at radius 3 is 2.00 bits per heavy atom. The van der Waals surface area contributed by atoms with Crippen LogP contribution in [0, 0.1) is 11.8 Å². The molecular formula is C12H25BrN2. The second-order valence-corrected chi connectivity index (χ2v) is 5.54. The Morgan fingerprint density at radius 2 is 1.60 bits per heavy atom. The molecule has 1 saturated heterocycles. The van der Waals surface area contributed by atoms with Crippen LogP contribution in [0.3, 0.4) is 0 Å². The molecule has 15 heavy (non-hydrogen) atoms. The van der Waals surface area contributed by atoms with E-state index >= 15 is 0 Å². The zero-order valence-corrected chi connectivity index (χ0v) is 12.0. The van der Waals surface area contributed by atoms with E-state index in [2.05, 4.69) is 46.5 Å². The predicted octanol–water partition coefficient (Wildman–Crippen LogP) is 2.29. The zero-order valence-electron chi connectivity index (χ0n) is 10.4. The van der Waals surface area contributed by atoms with Crippen LogP contribution in [0.5, 0.6) is 0 Å². The van der Waals surface area contributed by atoms with Crippen LogP contribution >= 0.6 is 15.9 Å².